The Bertz CT molecular complexity index is 602. The van der Waals surface area contributed by atoms with Gasteiger partial charge in [-0.15, -0.1) is 0 Å². The highest BCUT2D eigenvalue weighted by Gasteiger charge is 2.20. The molecule has 0 amide bonds. The van der Waals surface area contributed by atoms with E-state index in [-0.39, 0.29) is 5.97 Å². The minimum Gasteiger partial charge on any atom is -0.462 e. The maximum Gasteiger partial charge on any atom is 0.340 e. The standard InChI is InChI=1S/C17H21NO3/c1-4-21-17(19)15-12-13(2)18(10-11-20-3)16(15)14-8-6-5-7-9-14/h5-9,12H,4,10-11H2,1-3H3. The van der Waals surface area contributed by atoms with Gasteiger partial charge < -0.3 is 14.0 Å². The van der Waals surface area contributed by atoms with Crippen molar-refractivity contribution in [1.29, 1.82) is 0 Å². The molecule has 0 bridgehead atoms. The second kappa shape index (κ2) is 7.09. The van der Waals surface area contributed by atoms with Crippen LogP contribution in [0.2, 0.25) is 0 Å². The van der Waals surface area contributed by atoms with Crippen molar-refractivity contribution in [3.05, 3.63) is 47.7 Å². The summed E-state index contributed by atoms with van der Waals surface area (Å²) >= 11 is 0. The molecule has 0 N–H and O–H groups in total. The molecule has 0 atom stereocenters. The van der Waals surface area contributed by atoms with Gasteiger partial charge in [-0.05, 0) is 25.5 Å². The van der Waals surface area contributed by atoms with Crippen LogP contribution in [0.1, 0.15) is 23.0 Å². The molecule has 0 radical (unpaired) electrons. The third kappa shape index (κ3) is 3.34. The number of rotatable bonds is 6. The minimum atomic E-state index is -0.282. The van der Waals surface area contributed by atoms with Gasteiger partial charge in [-0.3, -0.25) is 0 Å². The van der Waals surface area contributed by atoms with E-state index < -0.39 is 0 Å². The lowest BCUT2D eigenvalue weighted by molar-refractivity contribution is 0.0527. The summed E-state index contributed by atoms with van der Waals surface area (Å²) < 4.78 is 12.5. The normalized spacial score (nSPS) is 10.6. The molecule has 1 aromatic heterocycles. The average molecular weight is 287 g/mol. The van der Waals surface area contributed by atoms with Gasteiger partial charge in [0.2, 0.25) is 0 Å². The fourth-order valence-electron chi connectivity index (χ4n) is 2.42. The molecule has 0 fully saturated rings. The topological polar surface area (TPSA) is 40.5 Å². The smallest absolute Gasteiger partial charge is 0.340 e. The molecule has 0 saturated carbocycles. The van der Waals surface area contributed by atoms with Crippen LogP contribution in [0.25, 0.3) is 11.3 Å². The van der Waals surface area contributed by atoms with E-state index in [1.165, 1.54) is 0 Å². The molecular formula is C17H21NO3. The zero-order valence-electron chi connectivity index (χ0n) is 12.8. The van der Waals surface area contributed by atoms with Crippen molar-refractivity contribution in [2.45, 2.75) is 20.4 Å². The molecule has 2 rings (SSSR count). The largest absolute Gasteiger partial charge is 0.462 e. The second-order valence-corrected chi connectivity index (χ2v) is 4.78. The van der Waals surface area contributed by atoms with Crippen LogP contribution in [-0.2, 0) is 16.0 Å². The number of nitrogens with zero attached hydrogens (tertiary/aromatic N) is 1. The van der Waals surface area contributed by atoms with E-state index in [1.807, 2.05) is 50.2 Å². The van der Waals surface area contributed by atoms with Crippen molar-refractivity contribution in [3.63, 3.8) is 0 Å². The quantitative estimate of drug-likeness (QED) is 0.765. The van der Waals surface area contributed by atoms with Crippen LogP contribution in [0.3, 0.4) is 0 Å². The zero-order chi connectivity index (χ0) is 15.2. The van der Waals surface area contributed by atoms with Gasteiger partial charge in [-0.25, -0.2) is 4.79 Å². The Morgan fingerprint density at radius 1 is 1.24 bits per heavy atom. The highest BCUT2D eigenvalue weighted by atomic mass is 16.5. The fourth-order valence-corrected chi connectivity index (χ4v) is 2.42. The summed E-state index contributed by atoms with van der Waals surface area (Å²) in [7, 11) is 1.67. The molecule has 0 saturated heterocycles. The molecule has 4 nitrogen and oxygen atoms in total. The molecule has 0 aliphatic carbocycles. The maximum atomic E-state index is 12.2. The third-order valence-electron chi connectivity index (χ3n) is 3.37. The molecule has 2 aromatic rings. The summed E-state index contributed by atoms with van der Waals surface area (Å²) in [5.41, 5.74) is 3.53. The first-order chi connectivity index (χ1) is 10.2. The molecular weight excluding hydrogens is 266 g/mol. The van der Waals surface area contributed by atoms with E-state index in [0.29, 0.717) is 25.3 Å². The van der Waals surface area contributed by atoms with Crippen LogP contribution in [-0.4, -0.2) is 30.9 Å². The van der Waals surface area contributed by atoms with Gasteiger partial charge in [-0.2, -0.15) is 0 Å². The SMILES string of the molecule is CCOC(=O)c1cc(C)n(CCOC)c1-c1ccccc1. The molecule has 0 spiro atoms. The summed E-state index contributed by atoms with van der Waals surface area (Å²) in [5, 5.41) is 0. The van der Waals surface area contributed by atoms with Crippen LogP contribution in [0, 0.1) is 6.92 Å². The van der Waals surface area contributed by atoms with Gasteiger partial charge in [0.15, 0.2) is 0 Å². The molecule has 0 unspecified atom stereocenters. The van der Waals surface area contributed by atoms with Crippen molar-refractivity contribution in [2.24, 2.45) is 0 Å². The number of aryl methyl sites for hydroxylation is 1. The van der Waals surface area contributed by atoms with Crippen LogP contribution in [0.4, 0.5) is 0 Å². The van der Waals surface area contributed by atoms with Crippen molar-refractivity contribution < 1.29 is 14.3 Å². The van der Waals surface area contributed by atoms with E-state index in [0.717, 1.165) is 17.0 Å². The average Bonchev–Trinajstić information content (AvgIpc) is 2.83. The summed E-state index contributed by atoms with van der Waals surface area (Å²) in [4.78, 5) is 12.2. The third-order valence-corrected chi connectivity index (χ3v) is 3.37. The Kier molecular flexibility index (Phi) is 5.17. The van der Waals surface area contributed by atoms with Gasteiger partial charge >= 0.3 is 5.97 Å². The van der Waals surface area contributed by atoms with Crippen LogP contribution >= 0.6 is 0 Å². The Hall–Kier alpha value is -2.07. The number of benzene rings is 1. The lowest BCUT2D eigenvalue weighted by Crippen LogP contribution is -2.10. The highest BCUT2D eigenvalue weighted by molar-refractivity contribution is 5.97. The molecule has 1 heterocycles. The number of carbonyl (C=O) groups excluding carboxylic acids is 1. The fraction of sp³-hybridized carbons (Fsp3) is 0.353. The molecule has 112 valence electrons. The summed E-state index contributed by atoms with van der Waals surface area (Å²) in [6, 6.07) is 11.8. The summed E-state index contributed by atoms with van der Waals surface area (Å²) in [5.74, 6) is -0.282. The Morgan fingerprint density at radius 3 is 2.57 bits per heavy atom. The van der Waals surface area contributed by atoms with Crippen LogP contribution in [0.5, 0.6) is 0 Å². The summed E-state index contributed by atoms with van der Waals surface area (Å²) in [6.45, 7) is 5.47. The Balaban J connectivity index is 2.53. The predicted molar refractivity (Wildman–Crippen MR) is 82.4 cm³/mol. The van der Waals surface area contributed by atoms with Crippen LogP contribution < -0.4 is 0 Å². The number of hydrogen-bond acceptors (Lipinski definition) is 3. The molecule has 4 heteroatoms. The highest BCUT2D eigenvalue weighted by Crippen LogP contribution is 2.28. The summed E-state index contributed by atoms with van der Waals surface area (Å²) in [6.07, 6.45) is 0. The van der Waals surface area contributed by atoms with Crippen molar-refractivity contribution in [3.8, 4) is 11.3 Å². The first-order valence-electron chi connectivity index (χ1n) is 7.10. The van der Waals surface area contributed by atoms with Gasteiger partial charge in [0.05, 0.1) is 24.5 Å². The number of hydrogen-bond donors (Lipinski definition) is 0. The van der Waals surface area contributed by atoms with Crippen molar-refractivity contribution in [2.75, 3.05) is 20.3 Å². The monoisotopic (exact) mass is 287 g/mol. The van der Waals surface area contributed by atoms with E-state index in [4.69, 9.17) is 9.47 Å². The number of methoxy groups -OCH3 is 1. The first-order valence-corrected chi connectivity index (χ1v) is 7.10. The maximum absolute atomic E-state index is 12.2. The van der Waals surface area contributed by atoms with Gasteiger partial charge in [0.1, 0.15) is 0 Å². The molecule has 1 aromatic carbocycles. The second-order valence-electron chi connectivity index (χ2n) is 4.78. The first kappa shape index (κ1) is 15.3. The molecule has 0 aliphatic heterocycles. The van der Waals surface area contributed by atoms with E-state index in [9.17, 15) is 4.79 Å². The van der Waals surface area contributed by atoms with E-state index in [2.05, 4.69) is 4.57 Å². The predicted octanol–water partition coefficient (Wildman–Crippen LogP) is 3.29. The lowest BCUT2D eigenvalue weighted by atomic mass is 10.1. The minimum absolute atomic E-state index is 0.282. The number of esters is 1. The van der Waals surface area contributed by atoms with E-state index >= 15 is 0 Å². The van der Waals surface area contributed by atoms with Gasteiger partial charge in [0.25, 0.3) is 0 Å². The van der Waals surface area contributed by atoms with E-state index in [1.54, 1.807) is 7.11 Å². The Morgan fingerprint density at radius 2 is 1.95 bits per heavy atom. The number of carbonyl (C=O) groups is 1. The molecule has 0 aliphatic rings. The number of aromatic nitrogens is 1. The number of ether oxygens (including phenoxy) is 2. The Labute approximate surface area is 125 Å². The lowest BCUT2D eigenvalue weighted by Gasteiger charge is -2.13. The van der Waals surface area contributed by atoms with Crippen molar-refractivity contribution >= 4 is 5.97 Å². The van der Waals surface area contributed by atoms with Gasteiger partial charge in [0, 0.05) is 19.3 Å². The molecule has 21 heavy (non-hydrogen) atoms. The zero-order valence-corrected chi connectivity index (χ0v) is 12.8. The van der Waals surface area contributed by atoms with Gasteiger partial charge in [-0.1, -0.05) is 30.3 Å². The van der Waals surface area contributed by atoms with Crippen LogP contribution in [0.15, 0.2) is 36.4 Å². The van der Waals surface area contributed by atoms with Crippen molar-refractivity contribution in [1.82, 2.24) is 4.57 Å².